The van der Waals surface area contributed by atoms with Crippen molar-refractivity contribution in [3.8, 4) is 0 Å². The summed E-state index contributed by atoms with van der Waals surface area (Å²) in [6.45, 7) is 10.4. The molecule has 0 aromatic heterocycles. The third kappa shape index (κ3) is 3.20. The van der Waals surface area contributed by atoms with Crippen LogP contribution in [0.4, 0.5) is 0 Å². The molecule has 0 atom stereocenters. The molecule has 0 radical (unpaired) electrons. The highest BCUT2D eigenvalue weighted by Crippen LogP contribution is 2.00. The van der Waals surface area contributed by atoms with Crippen LogP contribution in [0.1, 0.15) is 0 Å². The van der Waals surface area contributed by atoms with Crippen LogP contribution >= 0.6 is 0 Å². The van der Waals surface area contributed by atoms with Gasteiger partial charge in [0.05, 0.1) is 26.4 Å². The van der Waals surface area contributed by atoms with Crippen molar-refractivity contribution in [2.24, 2.45) is 0 Å². The van der Waals surface area contributed by atoms with E-state index in [9.17, 15) is 0 Å². The predicted molar refractivity (Wildman–Crippen MR) is 54.5 cm³/mol. The molecule has 0 unspecified atom stereocenters. The molecule has 2 heterocycles. The molecule has 0 bridgehead atoms. The molecular weight excluding hydrogens is 180 g/mol. The Morgan fingerprint density at radius 2 is 1.00 bits per heavy atom. The summed E-state index contributed by atoms with van der Waals surface area (Å²) in [6, 6.07) is 0. The molecule has 4 heteroatoms. The van der Waals surface area contributed by atoms with Crippen molar-refractivity contribution < 1.29 is 9.47 Å². The van der Waals surface area contributed by atoms with Crippen LogP contribution in [0.2, 0.25) is 0 Å². The molecule has 0 N–H and O–H groups in total. The Bertz CT molecular complexity index is 136. The van der Waals surface area contributed by atoms with Crippen LogP contribution in [0.15, 0.2) is 0 Å². The van der Waals surface area contributed by atoms with E-state index in [4.69, 9.17) is 9.47 Å². The highest BCUT2D eigenvalue weighted by Gasteiger charge is 2.13. The molecule has 14 heavy (non-hydrogen) atoms. The normalized spacial score (nSPS) is 26.6. The Balaban J connectivity index is 1.60. The highest BCUT2D eigenvalue weighted by atomic mass is 16.5. The summed E-state index contributed by atoms with van der Waals surface area (Å²) in [5, 5.41) is 0. The van der Waals surface area contributed by atoms with Gasteiger partial charge in [0.1, 0.15) is 0 Å². The van der Waals surface area contributed by atoms with Crippen molar-refractivity contribution in [3.63, 3.8) is 0 Å². The van der Waals surface area contributed by atoms with Crippen LogP contribution in [0, 0.1) is 0 Å². The monoisotopic (exact) mass is 200 g/mol. The largest absolute Gasteiger partial charge is 0.379 e. The van der Waals surface area contributed by atoms with Gasteiger partial charge in [-0.2, -0.15) is 0 Å². The minimum absolute atomic E-state index is 0.906. The minimum Gasteiger partial charge on any atom is -0.379 e. The number of nitrogens with zero attached hydrogens (tertiary/aromatic N) is 2. The predicted octanol–water partition coefficient (Wildman–Crippen LogP) is -0.349. The lowest BCUT2D eigenvalue weighted by molar-refractivity contribution is 0.0136. The quantitative estimate of drug-likeness (QED) is 0.622. The molecule has 2 saturated heterocycles. The molecule has 0 aromatic carbocycles. The van der Waals surface area contributed by atoms with E-state index in [0.29, 0.717) is 0 Å². The zero-order valence-electron chi connectivity index (χ0n) is 8.78. The van der Waals surface area contributed by atoms with Gasteiger partial charge in [-0.15, -0.1) is 0 Å². The maximum atomic E-state index is 5.32. The smallest absolute Gasteiger partial charge is 0.0594 e. The average Bonchev–Trinajstić information content (AvgIpc) is 2.29. The first kappa shape index (κ1) is 10.4. The van der Waals surface area contributed by atoms with E-state index in [1.807, 2.05) is 0 Å². The van der Waals surface area contributed by atoms with Crippen LogP contribution in [-0.4, -0.2) is 75.5 Å². The third-order valence-corrected chi connectivity index (χ3v) is 2.94. The SMILES string of the molecule is C1CN(CCN2CCOCC2)CCO1. The van der Waals surface area contributed by atoms with Crippen molar-refractivity contribution in [2.45, 2.75) is 0 Å². The van der Waals surface area contributed by atoms with E-state index in [1.165, 1.54) is 13.1 Å². The fraction of sp³-hybridized carbons (Fsp3) is 1.00. The lowest BCUT2D eigenvalue weighted by Crippen LogP contribution is -2.44. The number of hydrogen-bond donors (Lipinski definition) is 0. The van der Waals surface area contributed by atoms with Gasteiger partial charge in [0.15, 0.2) is 0 Å². The molecule has 2 aliphatic rings. The van der Waals surface area contributed by atoms with Gasteiger partial charge >= 0.3 is 0 Å². The second-order valence-electron chi connectivity index (χ2n) is 3.91. The summed E-state index contributed by atoms with van der Waals surface area (Å²) in [6.07, 6.45) is 0. The Hall–Kier alpha value is -0.160. The minimum atomic E-state index is 0.906. The van der Waals surface area contributed by atoms with Crippen molar-refractivity contribution >= 4 is 0 Å². The van der Waals surface area contributed by atoms with Crippen LogP contribution in [0.5, 0.6) is 0 Å². The Morgan fingerprint density at radius 1 is 0.643 bits per heavy atom. The molecule has 0 aliphatic carbocycles. The van der Waals surface area contributed by atoms with E-state index in [0.717, 1.165) is 52.6 Å². The number of rotatable bonds is 3. The first-order valence-corrected chi connectivity index (χ1v) is 5.55. The topological polar surface area (TPSA) is 24.9 Å². The number of morpholine rings is 2. The summed E-state index contributed by atoms with van der Waals surface area (Å²) < 4.78 is 10.6. The third-order valence-electron chi connectivity index (χ3n) is 2.94. The van der Waals surface area contributed by atoms with Crippen molar-refractivity contribution in [1.82, 2.24) is 9.80 Å². The van der Waals surface area contributed by atoms with Crippen molar-refractivity contribution in [2.75, 3.05) is 65.7 Å². The van der Waals surface area contributed by atoms with Crippen molar-refractivity contribution in [1.29, 1.82) is 0 Å². The van der Waals surface area contributed by atoms with E-state index >= 15 is 0 Å². The summed E-state index contributed by atoms with van der Waals surface area (Å²) in [5.74, 6) is 0. The molecule has 0 spiro atoms. The first-order chi connectivity index (χ1) is 6.95. The van der Waals surface area contributed by atoms with Crippen molar-refractivity contribution in [3.05, 3.63) is 0 Å². The standard InChI is InChI=1S/C10H20N2O2/c1(11-3-7-13-8-4-11)2-12-5-9-14-10-6-12/h1-10H2. The van der Waals surface area contributed by atoms with Gasteiger partial charge in [0.2, 0.25) is 0 Å². The maximum Gasteiger partial charge on any atom is 0.0594 e. The Labute approximate surface area is 85.8 Å². The summed E-state index contributed by atoms with van der Waals surface area (Å²) in [5.41, 5.74) is 0. The first-order valence-electron chi connectivity index (χ1n) is 5.55. The van der Waals surface area contributed by atoms with Crippen LogP contribution < -0.4 is 0 Å². The van der Waals surface area contributed by atoms with Gasteiger partial charge in [-0.1, -0.05) is 0 Å². The van der Waals surface area contributed by atoms with Gasteiger partial charge in [0.25, 0.3) is 0 Å². The van der Waals surface area contributed by atoms with E-state index in [2.05, 4.69) is 9.80 Å². The molecule has 2 aliphatic heterocycles. The summed E-state index contributed by atoms with van der Waals surface area (Å²) >= 11 is 0. The molecule has 2 fully saturated rings. The second-order valence-corrected chi connectivity index (χ2v) is 3.91. The van der Waals surface area contributed by atoms with E-state index < -0.39 is 0 Å². The van der Waals surface area contributed by atoms with Crippen LogP contribution in [-0.2, 0) is 9.47 Å². The zero-order valence-corrected chi connectivity index (χ0v) is 8.78. The summed E-state index contributed by atoms with van der Waals surface area (Å²) in [7, 11) is 0. The molecule has 2 rings (SSSR count). The fourth-order valence-electron chi connectivity index (χ4n) is 1.93. The molecular formula is C10H20N2O2. The molecule has 0 amide bonds. The highest BCUT2D eigenvalue weighted by molar-refractivity contribution is 4.67. The van der Waals surface area contributed by atoms with Gasteiger partial charge < -0.3 is 9.47 Å². The number of hydrogen-bond acceptors (Lipinski definition) is 4. The molecule has 4 nitrogen and oxygen atoms in total. The Kier molecular flexibility index (Phi) is 4.19. The average molecular weight is 200 g/mol. The number of ether oxygens (including phenoxy) is 2. The van der Waals surface area contributed by atoms with E-state index in [1.54, 1.807) is 0 Å². The van der Waals surface area contributed by atoms with Gasteiger partial charge in [-0.25, -0.2) is 0 Å². The fourth-order valence-corrected chi connectivity index (χ4v) is 1.93. The van der Waals surface area contributed by atoms with Gasteiger partial charge in [-0.05, 0) is 0 Å². The molecule has 0 aromatic rings. The van der Waals surface area contributed by atoms with Gasteiger partial charge in [-0.3, -0.25) is 9.80 Å². The van der Waals surface area contributed by atoms with Crippen LogP contribution in [0.25, 0.3) is 0 Å². The zero-order chi connectivity index (χ0) is 9.64. The molecule has 82 valence electrons. The van der Waals surface area contributed by atoms with Gasteiger partial charge in [0, 0.05) is 39.3 Å². The maximum absolute atomic E-state index is 5.32. The second kappa shape index (κ2) is 5.66. The van der Waals surface area contributed by atoms with Crippen LogP contribution in [0.3, 0.4) is 0 Å². The Morgan fingerprint density at radius 3 is 1.36 bits per heavy atom. The molecule has 0 saturated carbocycles. The van der Waals surface area contributed by atoms with E-state index in [-0.39, 0.29) is 0 Å². The lowest BCUT2D eigenvalue weighted by Gasteiger charge is -2.31. The summed E-state index contributed by atoms with van der Waals surface area (Å²) in [4.78, 5) is 4.97. The lowest BCUT2D eigenvalue weighted by atomic mass is 10.3.